The van der Waals surface area contributed by atoms with Gasteiger partial charge in [0.15, 0.2) is 6.61 Å². The summed E-state index contributed by atoms with van der Waals surface area (Å²) in [6.45, 7) is 0.553. The molecule has 25 heavy (non-hydrogen) atoms. The average molecular weight is 379 g/mol. The van der Waals surface area contributed by atoms with Crippen molar-refractivity contribution in [2.24, 2.45) is 0 Å². The van der Waals surface area contributed by atoms with Crippen LogP contribution in [0.15, 0.2) is 42.5 Å². The molecule has 2 aromatic carbocycles. The van der Waals surface area contributed by atoms with Crippen molar-refractivity contribution in [1.82, 2.24) is 0 Å². The summed E-state index contributed by atoms with van der Waals surface area (Å²) >= 11 is 11.8. The summed E-state index contributed by atoms with van der Waals surface area (Å²) in [5.74, 6) is 0.317. The number of rotatable bonds is 5. The Morgan fingerprint density at radius 3 is 2.72 bits per heavy atom. The highest BCUT2D eigenvalue weighted by atomic mass is 35.5. The Bertz CT molecular complexity index is 811. The summed E-state index contributed by atoms with van der Waals surface area (Å²) in [6, 6.07) is 12.0. The van der Waals surface area contributed by atoms with E-state index in [9.17, 15) is 9.59 Å². The second kappa shape index (κ2) is 7.76. The Morgan fingerprint density at radius 2 is 2.00 bits per heavy atom. The predicted octanol–water partition coefficient (Wildman–Crippen LogP) is 4.14. The number of amides is 2. The van der Waals surface area contributed by atoms with Crippen molar-refractivity contribution in [2.75, 3.05) is 23.4 Å². The fourth-order valence-electron chi connectivity index (χ4n) is 2.58. The largest absolute Gasteiger partial charge is 0.484 e. The smallest absolute Gasteiger partial charge is 0.262 e. The number of hydrogen-bond donors (Lipinski definition) is 1. The van der Waals surface area contributed by atoms with Crippen molar-refractivity contribution in [3.8, 4) is 5.75 Å². The molecule has 0 saturated carbocycles. The number of hydrogen-bond acceptors (Lipinski definition) is 3. The molecule has 2 amide bonds. The van der Waals surface area contributed by atoms with E-state index >= 15 is 0 Å². The van der Waals surface area contributed by atoms with Crippen LogP contribution in [0.3, 0.4) is 0 Å². The van der Waals surface area contributed by atoms with Crippen LogP contribution >= 0.6 is 23.2 Å². The van der Waals surface area contributed by atoms with E-state index in [1.807, 2.05) is 6.07 Å². The standard InChI is InChI=1S/C18H16Cl2N2O3/c19-15-7-6-12(9-16(15)20)21-17(23)11-25-14-4-1-3-13(10-14)22-8-2-5-18(22)24/h1,3-4,6-7,9-10H,2,5,8,11H2,(H,21,23). The maximum Gasteiger partial charge on any atom is 0.262 e. The van der Waals surface area contributed by atoms with E-state index in [1.54, 1.807) is 41.3 Å². The first kappa shape index (κ1) is 17.6. The first-order valence-corrected chi connectivity index (χ1v) is 8.56. The maximum absolute atomic E-state index is 12.0. The Morgan fingerprint density at radius 1 is 1.16 bits per heavy atom. The maximum atomic E-state index is 12.0. The molecular weight excluding hydrogens is 363 g/mol. The molecule has 2 aromatic rings. The Balaban J connectivity index is 1.58. The first-order valence-electron chi connectivity index (χ1n) is 7.81. The van der Waals surface area contributed by atoms with Crippen LogP contribution in [0.1, 0.15) is 12.8 Å². The second-order valence-electron chi connectivity index (χ2n) is 5.61. The zero-order chi connectivity index (χ0) is 17.8. The van der Waals surface area contributed by atoms with Crippen LogP contribution in [0.2, 0.25) is 10.0 Å². The van der Waals surface area contributed by atoms with Gasteiger partial charge in [0.2, 0.25) is 5.91 Å². The quantitative estimate of drug-likeness (QED) is 0.850. The lowest BCUT2D eigenvalue weighted by Crippen LogP contribution is -2.24. The lowest BCUT2D eigenvalue weighted by atomic mass is 10.3. The van der Waals surface area contributed by atoms with E-state index in [-0.39, 0.29) is 18.4 Å². The van der Waals surface area contributed by atoms with Gasteiger partial charge in [0.05, 0.1) is 10.0 Å². The van der Waals surface area contributed by atoms with E-state index in [2.05, 4.69) is 5.32 Å². The zero-order valence-electron chi connectivity index (χ0n) is 13.3. The van der Waals surface area contributed by atoms with E-state index in [1.165, 1.54) is 0 Å². The number of benzene rings is 2. The average Bonchev–Trinajstić information content (AvgIpc) is 3.03. The van der Waals surface area contributed by atoms with Crippen LogP contribution in [-0.4, -0.2) is 25.0 Å². The fourth-order valence-corrected chi connectivity index (χ4v) is 2.88. The number of ether oxygens (including phenoxy) is 1. The van der Waals surface area contributed by atoms with Crippen LogP contribution in [0.5, 0.6) is 5.75 Å². The SMILES string of the molecule is O=C(COc1cccc(N2CCCC2=O)c1)Nc1ccc(Cl)c(Cl)c1. The minimum Gasteiger partial charge on any atom is -0.484 e. The predicted molar refractivity (Wildman–Crippen MR) is 98.6 cm³/mol. The lowest BCUT2D eigenvalue weighted by molar-refractivity contribution is -0.118. The molecule has 3 rings (SSSR count). The molecule has 1 N–H and O–H groups in total. The molecule has 0 aliphatic carbocycles. The van der Waals surface area contributed by atoms with Gasteiger partial charge in [0.25, 0.3) is 5.91 Å². The van der Waals surface area contributed by atoms with Crippen LogP contribution in [0.4, 0.5) is 11.4 Å². The molecule has 0 spiro atoms. The molecule has 1 aliphatic rings. The summed E-state index contributed by atoms with van der Waals surface area (Å²) in [5.41, 5.74) is 1.32. The van der Waals surface area contributed by atoms with Crippen molar-refractivity contribution in [1.29, 1.82) is 0 Å². The summed E-state index contributed by atoms with van der Waals surface area (Å²) in [6.07, 6.45) is 1.42. The Labute approximate surface area is 155 Å². The molecule has 1 saturated heterocycles. The van der Waals surface area contributed by atoms with Crippen molar-refractivity contribution in [3.63, 3.8) is 0 Å². The van der Waals surface area contributed by atoms with E-state index in [0.29, 0.717) is 34.4 Å². The molecule has 1 heterocycles. The first-order chi connectivity index (χ1) is 12.0. The number of carbonyl (C=O) groups excluding carboxylic acids is 2. The van der Waals surface area contributed by atoms with Gasteiger partial charge in [-0.25, -0.2) is 0 Å². The number of anilines is 2. The topological polar surface area (TPSA) is 58.6 Å². The Kier molecular flexibility index (Phi) is 5.46. The molecule has 0 bridgehead atoms. The zero-order valence-corrected chi connectivity index (χ0v) is 14.8. The Hall–Kier alpha value is -2.24. The minimum atomic E-state index is -0.318. The third kappa shape index (κ3) is 4.44. The second-order valence-corrected chi connectivity index (χ2v) is 6.43. The number of nitrogens with zero attached hydrogens (tertiary/aromatic N) is 1. The summed E-state index contributed by atoms with van der Waals surface area (Å²) < 4.78 is 5.52. The molecule has 130 valence electrons. The van der Waals surface area contributed by atoms with Gasteiger partial charge in [-0.05, 0) is 36.8 Å². The molecule has 0 aromatic heterocycles. The highest BCUT2D eigenvalue weighted by Crippen LogP contribution is 2.26. The van der Waals surface area contributed by atoms with Crippen LogP contribution in [0, 0.1) is 0 Å². The van der Waals surface area contributed by atoms with E-state index in [0.717, 1.165) is 12.1 Å². The molecule has 0 atom stereocenters. The van der Waals surface area contributed by atoms with Crippen LogP contribution in [0.25, 0.3) is 0 Å². The van der Waals surface area contributed by atoms with Gasteiger partial charge >= 0.3 is 0 Å². The normalized spacial score (nSPS) is 13.8. The summed E-state index contributed by atoms with van der Waals surface area (Å²) in [7, 11) is 0. The lowest BCUT2D eigenvalue weighted by Gasteiger charge is -2.16. The fraction of sp³-hybridized carbons (Fsp3) is 0.222. The number of halogens is 2. The van der Waals surface area contributed by atoms with Gasteiger partial charge in [0, 0.05) is 30.4 Å². The summed E-state index contributed by atoms with van der Waals surface area (Å²) in [4.78, 5) is 25.5. The molecule has 7 heteroatoms. The van der Waals surface area contributed by atoms with Crippen molar-refractivity contribution < 1.29 is 14.3 Å². The minimum absolute atomic E-state index is 0.106. The monoisotopic (exact) mass is 378 g/mol. The third-order valence-corrected chi connectivity index (χ3v) is 4.52. The molecule has 0 radical (unpaired) electrons. The highest BCUT2D eigenvalue weighted by Gasteiger charge is 2.21. The van der Waals surface area contributed by atoms with Gasteiger partial charge in [-0.1, -0.05) is 29.3 Å². The van der Waals surface area contributed by atoms with Crippen molar-refractivity contribution in [2.45, 2.75) is 12.8 Å². The number of carbonyl (C=O) groups is 2. The molecule has 0 unspecified atom stereocenters. The van der Waals surface area contributed by atoms with E-state index in [4.69, 9.17) is 27.9 Å². The molecule has 1 aliphatic heterocycles. The molecular formula is C18H16Cl2N2O3. The van der Waals surface area contributed by atoms with Crippen LogP contribution in [-0.2, 0) is 9.59 Å². The van der Waals surface area contributed by atoms with Crippen LogP contribution < -0.4 is 15.0 Å². The van der Waals surface area contributed by atoms with Gasteiger partial charge in [-0.15, -0.1) is 0 Å². The molecule has 5 nitrogen and oxygen atoms in total. The van der Waals surface area contributed by atoms with Gasteiger partial charge in [0.1, 0.15) is 5.75 Å². The van der Waals surface area contributed by atoms with Gasteiger partial charge in [-0.2, -0.15) is 0 Å². The highest BCUT2D eigenvalue weighted by molar-refractivity contribution is 6.42. The van der Waals surface area contributed by atoms with Crippen molar-refractivity contribution in [3.05, 3.63) is 52.5 Å². The number of nitrogens with one attached hydrogen (secondary N) is 1. The summed E-state index contributed by atoms with van der Waals surface area (Å²) in [5, 5.41) is 3.47. The third-order valence-electron chi connectivity index (χ3n) is 3.78. The van der Waals surface area contributed by atoms with Gasteiger partial charge in [-0.3, -0.25) is 9.59 Å². The van der Waals surface area contributed by atoms with Crippen molar-refractivity contribution >= 4 is 46.4 Å². The van der Waals surface area contributed by atoms with E-state index < -0.39 is 0 Å². The van der Waals surface area contributed by atoms with Gasteiger partial charge < -0.3 is 15.0 Å². The molecule has 1 fully saturated rings.